The van der Waals surface area contributed by atoms with Crippen LogP contribution in [-0.2, 0) is 0 Å². The van der Waals surface area contributed by atoms with Crippen molar-refractivity contribution in [2.24, 2.45) is 4.99 Å². The monoisotopic (exact) mass is 444 g/mol. The average Bonchev–Trinajstić information content (AvgIpc) is 2.86. The predicted octanol–water partition coefficient (Wildman–Crippen LogP) is 6.36. The highest BCUT2D eigenvalue weighted by Crippen LogP contribution is 2.36. The molecule has 0 amide bonds. The van der Waals surface area contributed by atoms with Crippen LogP contribution >= 0.6 is 7.92 Å². The zero-order chi connectivity index (χ0) is 22.6. The second kappa shape index (κ2) is 9.48. The number of hydrogen-bond acceptors (Lipinski definition) is 2. The van der Waals surface area contributed by atoms with Crippen LogP contribution in [0.5, 0.6) is 0 Å². The van der Waals surface area contributed by atoms with Gasteiger partial charge in [-0.2, -0.15) is 0 Å². The lowest BCUT2D eigenvalue weighted by Crippen LogP contribution is -2.26. The number of hydrogen-bond donors (Lipinski definition) is 0. The van der Waals surface area contributed by atoms with Crippen LogP contribution in [0.15, 0.2) is 114 Å². The van der Waals surface area contributed by atoms with Crippen molar-refractivity contribution in [3.8, 4) is 0 Å². The Morgan fingerprint density at radius 2 is 1.24 bits per heavy atom. The van der Waals surface area contributed by atoms with Gasteiger partial charge in [-0.15, -0.1) is 0 Å². The third-order valence-corrected chi connectivity index (χ3v) is 8.70. The molecule has 0 unspecified atom stereocenters. The van der Waals surface area contributed by atoms with E-state index >= 15 is 0 Å². The highest BCUT2D eigenvalue weighted by molar-refractivity contribution is 7.80. The maximum Gasteiger partial charge on any atom is 0.0958 e. The lowest BCUT2D eigenvalue weighted by atomic mass is 10.2. The van der Waals surface area contributed by atoms with Crippen molar-refractivity contribution in [3.05, 3.63) is 126 Å². The molecule has 5 rings (SSSR count). The van der Waals surface area contributed by atoms with Gasteiger partial charge in [-0.1, -0.05) is 91.0 Å². The number of fused-ring (bicyclic) bond motifs is 1. The van der Waals surface area contributed by atoms with Gasteiger partial charge in [0, 0.05) is 23.4 Å². The van der Waals surface area contributed by atoms with E-state index in [4.69, 9.17) is 4.99 Å². The van der Waals surface area contributed by atoms with E-state index in [1.54, 1.807) is 0 Å². The lowest BCUT2D eigenvalue weighted by molar-refractivity contribution is 1.39. The molecule has 5 aromatic rings. The van der Waals surface area contributed by atoms with Crippen LogP contribution in [0.4, 0.5) is 5.69 Å². The largest absolute Gasteiger partial charge is 0.254 e. The summed E-state index contributed by atoms with van der Waals surface area (Å²) < 4.78 is 0. The molecule has 1 heterocycles. The first-order valence-corrected chi connectivity index (χ1v) is 12.4. The Kier molecular flexibility index (Phi) is 6.11. The highest BCUT2D eigenvalue weighted by atomic mass is 31.1. The van der Waals surface area contributed by atoms with Crippen molar-refractivity contribution in [1.82, 2.24) is 4.98 Å². The van der Waals surface area contributed by atoms with Gasteiger partial charge in [-0.05, 0) is 60.9 Å². The zero-order valence-electron chi connectivity index (χ0n) is 18.8. The number of benzene rings is 4. The molecular formula is C30H25N2P. The Bertz CT molecular complexity index is 1400. The van der Waals surface area contributed by atoms with Crippen LogP contribution in [0.25, 0.3) is 10.9 Å². The summed E-state index contributed by atoms with van der Waals surface area (Å²) in [6.45, 7) is 4.42. The SMILES string of the molecule is Cc1ccccc1P(c1ccccc1C)c1ccccc1C=Nc1cccc2cccnc12. The van der Waals surface area contributed by atoms with Crippen LogP contribution in [-0.4, -0.2) is 11.2 Å². The molecule has 0 aliphatic heterocycles. The molecule has 33 heavy (non-hydrogen) atoms. The van der Waals surface area contributed by atoms with Gasteiger partial charge in [0.1, 0.15) is 0 Å². The third-order valence-electron chi connectivity index (χ3n) is 5.84. The first-order valence-electron chi connectivity index (χ1n) is 11.1. The minimum absolute atomic E-state index is 0.730. The van der Waals surface area contributed by atoms with Crippen LogP contribution in [0.3, 0.4) is 0 Å². The number of aliphatic imine (C=N–C) groups is 1. The van der Waals surface area contributed by atoms with Crippen molar-refractivity contribution in [1.29, 1.82) is 0 Å². The number of aromatic nitrogens is 1. The van der Waals surface area contributed by atoms with E-state index in [1.807, 2.05) is 30.6 Å². The normalized spacial score (nSPS) is 11.5. The first kappa shape index (κ1) is 21.2. The van der Waals surface area contributed by atoms with Crippen LogP contribution in [0.2, 0.25) is 0 Å². The number of nitrogens with zero attached hydrogens (tertiary/aromatic N) is 2. The van der Waals surface area contributed by atoms with E-state index < -0.39 is 7.92 Å². The predicted molar refractivity (Wildman–Crippen MR) is 144 cm³/mol. The molecule has 0 radical (unpaired) electrons. The molecule has 0 atom stereocenters. The van der Waals surface area contributed by atoms with Gasteiger partial charge < -0.3 is 0 Å². The molecule has 0 N–H and O–H groups in total. The van der Waals surface area contributed by atoms with Gasteiger partial charge in [-0.3, -0.25) is 9.98 Å². The van der Waals surface area contributed by atoms with Crippen LogP contribution in [0.1, 0.15) is 16.7 Å². The van der Waals surface area contributed by atoms with Crippen LogP contribution < -0.4 is 15.9 Å². The summed E-state index contributed by atoms with van der Waals surface area (Å²) in [4.78, 5) is 9.46. The molecule has 160 valence electrons. The smallest absolute Gasteiger partial charge is 0.0958 e. The molecule has 3 heteroatoms. The molecule has 0 saturated carbocycles. The van der Waals surface area contributed by atoms with Gasteiger partial charge in [0.15, 0.2) is 0 Å². The molecule has 0 bridgehead atoms. The highest BCUT2D eigenvalue weighted by Gasteiger charge is 2.21. The number of para-hydroxylation sites is 1. The average molecular weight is 445 g/mol. The third kappa shape index (κ3) is 4.35. The molecule has 4 aromatic carbocycles. The Labute approximate surface area is 196 Å². The summed E-state index contributed by atoms with van der Waals surface area (Å²) in [5.74, 6) is 0. The summed E-state index contributed by atoms with van der Waals surface area (Å²) >= 11 is 0. The number of rotatable bonds is 5. The van der Waals surface area contributed by atoms with Gasteiger partial charge in [0.05, 0.1) is 11.2 Å². The lowest BCUT2D eigenvalue weighted by Gasteiger charge is -2.24. The Hall–Kier alpha value is -3.61. The second-order valence-electron chi connectivity index (χ2n) is 8.08. The molecule has 2 nitrogen and oxygen atoms in total. The second-order valence-corrected chi connectivity index (χ2v) is 10.2. The fraction of sp³-hybridized carbons (Fsp3) is 0.0667. The summed E-state index contributed by atoms with van der Waals surface area (Å²) in [5.41, 5.74) is 5.59. The summed E-state index contributed by atoms with van der Waals surface area (Å²) in [5, 5.41) is 5.18. The molecular weight excluding hydrogens is 419 g/mol. The van der Waals surface area contributed by atoms with Crippen LogP contribution in [0, 0.1) is 13.8 Å². The van der Waals surface area contributed by atoms with E-state index in [2.05, 4.69) is 104 Å². The number of aryl methyl sites for hydroxylation is 2. The van der Waals surface area contributed by atoms with Crippen molar-refractivity contribution in [2.45, 2.75) is 13.8 Å². The van der Waals surface area contributed by atoms with E-state index in [9.17, 15) is 0 Å². The molecule has 0 fully saturated rings. The Morgan fingerprint density at radius 1 is 0.636 bits per heavy atom. The topological polar surface area (TPSA) is 25.2 Å². The zero-order valence-corrected chi connectivity index (χ0v) is 19.7. The number of pyridine rings is 1. The molecule has 0 spiro atoms. The summed E-state index contributed by atoms with van der Waals surface area (Å²) in [6, 6.07) is 36.3. The minimum Gasteiger partial charge on any atom is -0.254 e. The maximum atomic E-state index is 4.90. The molecule has 0 saturated heterocycles. The maximum absolute atomic E-state index is 4.90. The fourth-order valence-corrected chi connectivity index (χ4v) is 6.88. The quantitative estimate of drug-likeness (QED) is 0.229. The summed E-state index contributed by atoms with van der Waals surface area (Å²) in [6.07, 6.45) is 3.83. The van der Waals surface area contributed by atoms with Crippen molar-refractivity contribution in [2.75, 3.05) is 0 Å². The first-order chi connectivity index (χ1) is 16.2. The fourth-order valence-electron chi connectivity index (χ4n) is 4.15. The van der Waals surface area contributed by atoms with E-state index in [0.717, 1.165) is 22.2 Å². The molecule has 1 aromatic heterocycles. The van der Waals surface area contributed by atoms with Gasteiger partial charge in [-0.25, -0.2) is 0 Å². The molecule has 0 aliphatic rings. The molecule has 0 aliphatic carbocycles. The van der Waals surface area contributed by atoms with E-state index in [-0.39, 0.29) is 0 Å². The summed E-state index contributed by atoms with van der Waals surface area (Å²) in [7, 11) is -0.730. The van der Waals surface area contributed by atoms with Gasteiger partial charge in [0.2, 0.25) is 0 Å². The van der Waals surface area contributed by atoms with Gasteiger partial charge in [0.25, 0.3) is 0 Å². The van der Waals surface area contributed by atoms with Crippen molar-refractivity contribution < 1.29 is 0 Å². The van der Waals surface area contributed by atoms with E-state index in [1.165, 1.54) is 27.0 Å². The Morgan fingerprint density at radius 3 is 1.94 bits per heavy atom. The van der Waals surface area contributed by atoms with Crippen molar-refractivity contribution in [3.63, 3.8) is 0 Å². The van der Waals surface area contributed by atoms with E-state index in [0.29, 0.717) is 0 Å². The Balaban J connectivity index is 1.66. The van der Waals surface area contributed by atoms with Crippen molar-refractivity contribution >= 4 is 46.6 Å². The van der Waals surface area contributed by atoms with Gasteiger partial charge >= 0.3 is 0 Å². The standard InChI is InChI=1S/C30H25N2P/c1-22-11-3-6-17-27(22)33(28-18-7-4-12-23(28)2)29-19-8-5-13-25(29)21-32-26-16-9-14-24-15-10-20-31-30(24)26/h3-21H,1-2H3. The minimum atomic E-state index is -0.730.